The van der Waals surface area contributed by atoms with Gasteiger partial charge in [-0.25, -0.2) is 0 Å². The van der Waals surface area contributed by atoms with Gasteiger partial charge in [-0.1, -0.05) is 0 Å². The highest BCUT2D eigenvalue weighted by Gasteiger charge is 2.33. The molecule has 2 fully saturated rings. The molecule has 100 valence electrons. The molecular weight excluding hydrogens is 214 g/mol. The smallest absolute Gasteiger partial charge is 0.0609 e. The van der Waals surface area contributed by atoms with E-state index in [1.807, 2.05) is 6.92 Å². The van der Waals surface area contributed by atoms with E-state index in [9.17, 15) is 5.11 Å². The van der Waals surface area contributed by atoms with Crippen LogP contribution in [0.2, 0.25) is 0 Å². The van der Waals surface area contributed by atoms with E-state index < -0.39 is 5.54 Å². The summed E-state index contributed by atoms with van der Waals surface area (Å²) in [7, 11) is 0. The molecule has 0 aromatic heterocycles. The predicted octanol–water partition coefficient (Wildman–Crippen LogP) is 0.255. The third-order valence-corrected chi connectivity index (χ3v) is 4.37. The zero-order valence-electron chi connectivity index (χ0n) is 11.2. The fourth-order valence-corrected chi connectivity index (χ4v) is 3.28. The SMILES string of the molecule is CC(CC(C)(N)CO)N1CCN2CCCC2C1. The quantitative estimate of drug-likeness (QED) is 0.741. The summed E-state index contributed by atoms with van der Waals surface area (Å²) in [6, 6.07) is 1.24. The molecule has 0 aromatic rings. The Morgan fingerprint density at radius 1 is 1.41 bits per heavy atom. The molecule has 3 unspecified atom stereocenters. The van der Waals surface area contributed by atoms with Gasteiger partial charge < -0.3 is 10.8 Å². The van der Waals surface area contributed by atoms with Crippen LogP contribution in [-0.2, 0) is 0 Å². The third-order valence-electron chi connectivity index (χ3n) is 4.37. The molecular formula is C13H27N3O. The molecule has 2 aliphatic rings. The van der Waals surface area contributed by atoms with Crippen molar-refractivity contribution in [3.63, 3.8) is 0 Å². The lowest BCUT2D eigenvalue weighted by molar-refractivity contribution is 0.0603. The second-order valence-electron chi connectivity index (χ2n) is 6.19. The van der Waals surface area contributed by atoms with Gasteiger partial charge in [0.25, 0.3) is 0 Å². The van der Waals surface area contributed by atoms with Crippen LogP contribution >= 0.6 is 0 Å². The van der Waals surface area contributed by atoms with E-state index in [0.717, 1.165) is 19.0 Å². The number of fused-ring (bicyclic) bond motifs is 1. The Labute approximate surface area is 105 Å². The zero-order valence-corrected chi connectivity index (χ0v) is 11.2. The molecule has 2 heterocycles. The molecule has 0 bridgehead atoms. The minimum Gasteiger partial charge on any atom is -0.394 e. The maximum Gasteiger partial charge on any atom is 0.0609 e. The molecule has 17 heavy (non-hydrogen) atoms. The fourth-order valence-electron chi connectivity index (χ4n) is 3.28. The average molecular weight is 241 g/mol. The summed E-state index contributed by atoms with van der Waals surface area (Å²) in [6.07, 6.45) is 3.58. The van der Waals surface area contributed by atoms with Crippen LogP contribution in [-0.4, -0.2) is 65.3 Å². The predicted molar refractivity (Wildman–Crippen MR) is 69.9 cm³/mol. The number of hydrogen-bond donors (Lipinski definition) is 2. The Kier molecular flexibility index (Phi) is 4.08. The summed E-state index contributed by atoms with van der Waals surface area (Å²) < 4.78 is 0. The van der Waals surface area contributed by atoms with E-state index in [4.69, 9.17) is 5.73 Å². The van der Waals surface area contributed by atoms with Crippen molar-refractivity contribution in [3.05, 3.63) is 0 Å². The molecule has 0 spiro atoms. The van der Waals surface area contributed by atoms with Crippen LogP contribution in [0.3, 0.4) is 0 Å². The molecule has 0 aromatic carbocycles. The van der Waals surface area contributed by atoms with Gasteiger partial charge in [-0.05, 0) is 39.7 Å². The number of hydrogen-bond acceptors (Lipinski definition) is 4. The maximum absolute atomic E-state index is 9.24. The summed E-state index contributed by atoms with van der Waals surface area (Å²) in [5, 5.41) is 9.24. The largest absolute Gasteiger partial charge is 0.394 e. The van der Waals surface area contributed by atoms with E-state index in [1.165, 1.54) is 32.5 Å². The van der Waals surface area contributed by atoms with Crippen LogP contribution in [0.1, 0.15) is 33.1 Å². The first-order chi connectivity index (χ1) is 8.02. The van der Waals surface area contributed by atoms with Gasteiger partial charge in [0.2, 0.25) is 0 Å². The van der Waals surface area contributed by atoms with Crippen molar-refractivity contribution < 1.29 is 5.11 Å². The number of piperazine rings is 1. The molecule has 2 saturated heterocycles. The number of nitrogens with zero attached hydrogens (tertiary/aromatic N) is 2. The number of aliphatic hydroxyl groups excluding tert-OH is 1. The molecule has 4 heteroatoms. The molecule has 3 N–H and O–H groups in total. The monoisotopic (exact) mass is 241 g/mol. The van der Waals surface area contributed by atoms with Gasteiger partial charge in [0.05, 0.1) is 6.61 Å². The summed E-state index contributed by atoms with van der Waals surface area (Å²) in [4.78, 5) is 5.17. The highest BCUT2D eigenvalue weighted by Crippen LogP contribution is 2.24. The van der Waals surface area contributed by atoms with Gasteiger partial charge in [-0.3, -0.25) is 9.80 Å². The third kappa shape index (κ3) is 3.19. The van der Waals surface area contributed by atoms with Crippen molar-refractivity contribution in [2.45, 2.75) is 50.7 Å². The second-order valence-corrected chi connectivity index (χ2v) is 6.19. The standard InChI is InChI=1S/C13H27N3O/c1-11(8-13(2,14)10-17)16-7-6-15-5-3-4-12(15)9-16/h11-12,17H,3-10,14H2,1-2H3. The summed E-state index contributed by atoms with van der Waals surface area (Å²) >= 11 is 0. The number of aliphatic hydroxyl groups is 1. The summed E-state index contributed by atoms with van der Waals surface area (Å²) in [6.45, 7) is 9.08. The number of rotatable bonds is 4. The van der Waals surface area contributed by atoms with Crippen LogP contribution in [0.15, 0.2) is 0 Å². The Bertz CT molecular complexity index is 257. The van der Waals surface area contributed by atoms with Crippen LogP contribution in [0.25, 0.3) is 0 Å². The van der Waals surface area contributed by atoms with E-state index in [1.54, 1.807) is 0 Å². The van der Waals surface area contributed by atoms with Crippen molar-refractivity contribution >= 4 is 0 Å². The lowest BCUT2D eigenvalue weighted by Gasteiger charge is -2.42. The van der Waals surface area contributed by atoms with Crippen molar-refractivity contribution in [1.29, 1.82) is 0 Å². The van der Waals surface area contributed by atoms with Crippen molar-refractivity contribution in [1.82, 2.24) is 9.80 Å². The Morgan fingerprint density at radius 2 is 2.18 bits per heavy atom. The molecule has 2 rings (SSSR count). The Morgan fingerprint density at radius 3 is 2.88 bits per heavy atom. The van der Waals surface area contributed by atoms with Gasteiger partial charge in [0.15, 0.2) is 0 Å². The van der Waals surface area contributed by atoms with Crippen LogP contribution in [0.4, 0.5) is 0 Å². The van der Waals surface area contributed by atoms with Gasteiger partial charge in [0.1, 0.15) is 0 Å². The van der Waals surface area contributed by atoms with E-state index in [-0.39, 0.29) is 6.61 Å². The normalized spacial score (nSPS) is 32.1. The number of nitrogens with two attached hydrogens (primary N) is 1. The second kappa shape index (κ2) is 5.22. The molecule has 0 amide bonds. The average Bonchev–Trinajstić information content (AvgIpc) is 2.75. The van der Waals surface area contributed by atoms with Gasteiger partial charge >= 0.3 is 0 Å². The molecule has 0 saturated carbocycles. The first-order valence-corrected chi connectivity index (χ1v) is 6.90. The van der Waals surface area contributed by atoms with E-state index in [2.05, 4.69) is 16.7 Å². The lowest BCUT2D eigenvalue weighted by Crippen LogP contribution is -2.55. The molecule has 4 nitrogen and oxygen atoms in total. The zero-order chi connectivity index (χ0) is 12.5. The highest BCUT2D eigenvalue weighted by molar-refractivity contribution is 4.91. The topological polar surface area (TPSA) is 52.7 Å². The van der Waals surface area contributed by atoms with Crippen molar-refractivity contribution in [2.75, 3.05) is 32.8 Å². The van der Waals surface area contributed by atoms with E-state index >= 15 is 0 Å². The van der Waals surface area contributed by atoms with Gasteiger partial charge in [-0.2, -0.15) is 0 Å². The molecule has 3 atom stereocenters. The molecule has 0 radical (unpaired) electrons. The first kappa shape index (κ1) is 13.3. The Hall–Kier alpha value is -0.160. The first-order valence-electron chi connectivity index (χ1n) is 6.90. The highest BCUT2D eigenvalue weighted by atomic mass is 16.3. The maximum atomic E-state index is 9.24. The molecule has 0 aliphatic carbocycles. The van der Waals surface area contributed by atoms with Gasteiger partial charge in [0, 0.05) is 37.3 Å². The van der Waals surface area contributed by atoms with Crippen LogP contribution < -0.4 is 5.73 Å². The van der Waals surface area contributed by atoms with Crippen molar-refractivity contribution in [3.8, 4) is 0 Å². The minimum atomic E-state index is -0.438. The molecule has 2 aliphatic heterocycles. The fraction of sp³-hybridized carbons (Fsp3) is 1.00. The van der Waals surface area contributed by atoms with Crippen molar-refractivity contribution in [2.24, 2.45) is 5.73 Å². The lowest BCUT2D eigenvalue weighted by atomic mass is 9.94. The van der Waals surface area contributed by atoms with Gasteiger partial charge in [-0.15, -0.1) is 0 Å². The minimum absolute atomic E-state index is 0.0702. The van der Waals surface area contributed by atoms with Crippen LogP contribution in [0, 0.1) is 0 Å². The van der Waals surface area contributed by atoms with E-state index in [0.29, 0.717) is 6.04 Å². The van der Waals surface area contributed by atoms with Crippen LogP contribution in [0.5, 0.6) is 0 Å². The summed E-state index contributed by atoms with van der Waals surface area (Å²) in [5.74, 6) is 0. The summed E-state index contributed by atoms with van der Waals surface area (Å²) in [5.41, 5.74) is 5.61. The Balaban J connectivity index is 1.86.